The van der Waals surface area contributed by atoms with Crippen molar-refractivity contribution in [3.8, 4) is 5.75 Å². The van der Waals surface area contributed by atoms with E-state index in [1.165, 1.54) is 5.56 Å². The summed E-state index contributed by atoms with van der Waals surface area (Å²) in [6.07, 6.45) is -0.622. The Labute approximate surface area is 107 Å². The largest absolute Gasteiger partial charge is 0.497 e. The van der Waals surface area contributed by atoms with Gasteiger partial charge in [-0.05, 0) is 49.6 Å². The van der Waals surface area contributed by atoms with E-state index in [0.717, 1.165) is 28.3 Å². The van der Waals surface area contributed by atoms with Crippen LogP contribution >= 0.6 is 0 Å². The molecule has 3 nitrogen and oxygen atoms in total. The van der Waals surface area contributed by atoms with Gasteiger partial charge in [0, 0.05) is 5.69 Å². The van der Waals surface area contributed by atoms with Crippen LogP contribution in [0.3, 0.4) is 0 Å². The number of aromatic amines is 1. The second kappa shape index (κ2) is 4.86. The molecule has 0 aliphatic rings. The molecule has 0 aliphatic heterocycles. The summed E-state index contributed by atoms with van der Waals surface area (Å²) in [4.78, 5) is 3.26. The predicted octanol–water partition coefficient (Wildman–Crippen LogP) is 3.03. The van der Waals surface area contributed by atoms with Gasteiger partial charge in [0.05, 0.1) is 12.8 Å². The number of hydrogen-bond donors (Lipinski definition) is 2. The molecule has 0 saturated carbocycles. The predicted molar refractivity (Wildman–Crippen MR) is 72.1 cm³/mol. The van der Waals surface area contributed by atoms with Gasteiger partial charge in [0.2, 0.25) is 0 Å². The second-order valence-corrected chi connectivity index (χ2v) is 4.59. The Morgan fingerprint density at radius 2 is 1.67 bits per heavy atom. The summed E-state index contributed by atoms with van der Waals surface area (Å²) < 4.78 is 5.11. The van der Waals surface area contributed by atoms with Crippen molar-refractivity contribution >= 4 is 0 Å². The van der Waals surface area contributed by atoms with E-state index in [-0.39, 0.29) is 0 Å². The Balaban J connectivity index is 2.34. The maximum Gasteiger partial charge on any atom is 0.119 e. The number of benzene rings is 1. The minimum atomic E-state index is -0.622. The fourth-order valence-electron chi connectivity index (χ4n) is 2.10. The third-order valence-corrected chi connectivity index (χ3v) is 3.56. The molecule has 18 heavy (non-hydrogen) atoms. The molecule has 2 rings (SSSR count). The maximum absolute atomic E-state index is 10.4. The van der Waals surface area contributed by atoms with Crippen molar-refractivity contribution in [3.05, 3.63) is 52.3 Å². The van der Waals surface area contributed by atoms with Crippen molar-refractivity contribution in [1.29, 1.82) is 0 Å². The van der Waals surface area contributed by atoms with Gasteiger partial charge in [0.15, 0.2) is 0 Å². The quantitative estimate of drug-likeness (QED) is 0.873. The van der Waals surface area contributed by atoms with Crippen LogP contribution < -0.4 is 4.74 Å². The molecule has 1 atom stereocenters. The van der Waals surface area contributed by atoms with Crippen molar-refractivity contribution < 1.29 is 9.84 Å². The summed E-state index contributed by atoms with van der Waals surface area (Å²) in [6.45, 7) is 6.11. The summed E-state index contributed by atoms with van der Waals surface area (Å²) in [7, 11) is 1.63. The van der Waals surface area contributed by atoms with Crippen molar-refractivity contribution in [2.75, 3.05) is 7.11 Å². The van der Waals surface area contributed by atoms with Gasteiger partial charge in [-0.15, -0.1) is 0 Å². The smallest absolute Gasteiger partial charge is 0.119 e. The van der Waals surface area contributed by atoms with E-state index >= 15 is 0 Å². The number of aliphatic hydroxyl groups is 1. The molecule has 0 bridgehead atoms. The van der Waals surface area contributed by atoms with Gasteiger partial charge >= 0.3 is 0 Å². The Kier molecular flexibility index (Phi) is 3.43. The number of nitrogens with one attached hydrogen (secondary N) is 1. The molecule has 96 valence electrons. The molecule has 0 aliphatic carbocycles. The molecule has 1 unspecified atom stereocenters. The minimum Gasteiger partial charge on any atom is -0.497 e. The summed E-state index contributed by atoms with van der Waals surface area (Å²) in [5, 5.41) is 10.4. The number of aryl methyl sites for hydroxylation is 1. The molecule has 0 radical (unpaired) electrons. The van der Waals surface area contributed by atoms with Crippen LogP contribution in [0.15, 0.2) is 24.3 Å². The molecule has 2 aromatic rings. The molecule has 1 heterocycles. The number of ether oxygens (including phenoxy) is 1. The molecule has 0 spiro atoms. The average Bonchev–Trinajstić information content (AvgIpc) is 2.66. The fraction of sp³-hybridized carbons (Fsp3) is 0.333. The van der Waals surface area contributed by atoms with E-state index < -0.39 is 6.10 Å². The molecular weight excluding hydrogens is 226 g/mol. The third-order valence-electron chi connectivity index (χ3n) is 3.56. The lowest BCUT2D eigenvalue weighted by atomic mass is 10.0. The Morgan fingerprint density at radius 1 is 1.06 bits per heavy atom. The molecular formula is C15H19NO2. The van der Waals surface area contributed by atoms with Crippen LogP contribution in [0, 0.1) is 20.8 Å². The first kappa shape index (κ1) is 12.7. The van der Waals surface area contributed by atoms with Gasteiger partial charge in [-0.2, -0.15) is 0 Å². The topological polar surface area (TPSA) is 45.2 Å². The monoisotopic (exact) mass is 245 g/mol. The van der Waals surface area contributed by atoms with Crippen LogP contribution in [0.4, 0.5) is 0 Å². The molecule has 3 heteroatoms. The average molecular weight is 245 g/mol. The van der Waals surface area contributed by atoms with Crippen LogP contribution in [0.1, 0.15) is 34.2 Å². The number of H-pyrrole nitrogens is 1. The van der Waals surface area contributed by atoms with Crippen molar-refractivity contribution in [2.45, 2.75) is 26.9 Å². The van der Waals surface area contributed by atoms with Gasteiger partial charge in [-0.3, -0.25) is 0 Å². The van der Waals surface area contributed by atoms with Gasteiger partial charge < -0.3 is 14.8 Å². The zero-order chi connectivity index (χ0) is 13.3. The normalized spacial score (nSPS) is 12.5. The van der Waals surface area contributed by atoms with Crippen molar-refractivity contribution in [3.63, 3.8) is 0 Å². The lowest BCUT2D eigenvalue weighted by molar-refractivity contribution is 0.215. The Hall–Kier alpha value is -1.74. The number of rotatable bonds is 3. The Bertz CT molecular complexity index is 540. The SMILES string of the molecule is COc1ccc(C(O)c2[nH]c(C)c(C)c2C)cc1. The first-order valence-electron chi connectivity index (χ1n) is 6.02. The minimum absolute atomic E-state index is 0.622. The van der Waals surface area contributed by atoms with Gasteiger partial charge in [-0.1, -0.05) is 12.1 Å². The van der Waals surface area contributed by atoms with Crippen LogP contribution in [-0.4, -0.2) is 17.2 Å². The third kappa shape index (κ3) is 2.14. The van der Waals surface area contributed by atoms with E-state index in [0.29, 0.717) is 0 Å². The van der Waals surface area contributed by atoms with Crippen molar-refractivity contribution in [1.82, 2.24) is 4.98 Å². The van der Waals surface area contributed by atoms with Crippen LogP contribution in [-0.2, 0) is 0 Å². The zero-order valence-electron chi connectivity index (χ0n) is 11.2. The summed E-state index contributed by atoms with van der Waals surface area (Å²) in [5.41, 5.74) is 5.17. The highest BCUT2D eigenvalue weighted by Crippen LogP contribution is 2.28. The van der Waals surface area contributed by atoms with Crippen molar-refractivity contribution in [2.24, 2.45) is 0 Å². The van der Waals surface area contributed by atoms with E-state index in [2.05, 4.69) is 11.9 Å². The van der Waals surface area contributed by atoms with Crippen LogP contribution in [0.5, 0.6) is 5.75 Å². The molecule has 1 aromatic heterocycles. The maximum atomic E-state index is 10.4. The van der Waals surface area contributed by atoms with Gasteiger partial charge in [0.1, 0.15) is 11.9 Å². The number of aliphatic hydroxyl groups excluding tert-OH is 1. The lowest BCUT2D eigenvalue weighted by Crippen LogP contribution is -2.02. The first-order valence-corrected chi connectivity index (χ1v) is 6.02. The second-order valence-electron chi connectivity index (χ2n) is 4.59. The van der Waals surface area contributed by atoms with Gasteiger partial charge in [0.25, 0.3) is 0 Å². The fourth-order valence-corrected chi connectivity index (χ4v) is 2.10. The van der Waals surface area contributed by atoms with Gasteiger partial charge in [-0.25, -0.2) is 0 Å². The summed E-state index contributed by atoms with van der Waals surface area (Å²) in [5.74, 6) is 0.793. The highest BCUT2D eigenvalue weighted by molar-refractivity contribution is 5.40. The van der Waals surface area contributed by atoms with Crippen LogP contribution in [0.2, 0.25) is 0 Å². The molecule has 2 N–H and O–H groups in total. The lowest BCUT2D eigenvalue weighted by Gasteiger charge is -2.11. The first-order chi connectivity index (χ1) is 8.54. The van der Waals surface area contributed by atoms with E-state index in [1.54, 1.807) is 7.11 Å². The summed E-state index contributed by atoms with van der Waals surface area (Å²) >= 11 is 0. The molecule has 0 fully saturated rings. The molecule has 0 amide bonds. The summed E-state index contributed by atoms with van der Waals surface area (Å²) in [6, 6.07) is 7.48. The standard InChI is InChI=1S/C15H19NO2/c1-9-10(2)14(16-11(9)3)15(17)12-5-7-13(18-4)8-6-12/h5-8,15-17H,1-4H3. The Morgan fingerprint density at radius 3 is 2.11 bits per heavy atom. The number of methoxy groups -OCH3 is 1. The zero-order valence-corrected chi connectivity index (χ0v) is 11.2. The highest BCUT2D eigenvalue weighted by atomic mass is 16.5. The van der Waals surface area contributed by atoms with E-state index in [9.17, 15) is 5.11 Å². The number of hydrogen-bond acceptors (Lipinski definition) is 2. The molecule has 1 aromatic carbocycles. The number of aromatic nitrogens is 1. The highest BCUT2D eigenvalue weighted by Gasteiger charge is 2.17. The molecule has 0 saturated heterocycles. The van der Waals surface area contributed by atoms with Crippen LogP contribution in [0.25, 0.3) is 0 Å². The van der Waals surface area contributed by atoms with E-state index in [4.69, 9.17) is 4.74 Å². The van der Waals surface area contributed by atoms with E-state index in [1.807, 2.05) is 38.1 Å².